The van der Waals surface area contributed by atoms with Crippen LogP contribution in [0.15, 0.2) is 48.7 Å². The summed E-state index contributed by atoms with van der Waals surface area (Å²) in [5.74, 6) is 0. The van der Waals surface area contributed by atoms with E-state index in [1.165, 1.54) is 23.8 Å². The molecule has 0 N–H and O–H groups in total. The molecule has 0 bridgehead atoms. The van der Waals surface area contributed by atoms with Gasteiger partial charge in [0.2, 0.25) is 0 Å². The number of nitrogens with zero attached hydrogens (tertiary/aromatic N) is 1. The fraction of sp³-hybridized carbons (Fsp3) is 0.267. The van der Waals surface area contributed by atoms with Crippen molar-refractivity contribution in [3.05, 3.63) is 54.2 Å². The van der Waals surface area contributed by atoms with E-state index in [9.17, 15) is 0 Å². The molecule has 0 spiro atoms. The predicted octanol–water partition coefficient (Wildman–Crippen LogP) is 4.13. The van der Waals surface area contributed by atoms with Crippen LogP contribution >= 0.6 is 0 Å². The van der Waals surface area contributed by atoms with E-state index in [1.54, 1.807) is 0 Å². The van der Waals surface area contributed by atoms with Crippen molar-refractivity contribution in [1.82, 2.24) is 4.98 Å². The smallest absolute Gasteiger partial charge is 0.0702 e. The molecule has 1 heteroatoms. The third kappa shape index (κ3) is 2.69. The zero-order valence-corrected chi connectivity index (χ0v) is 9.69. The van der Waals surface area contributed by atoms with Crippen LogP contribution < -0.4 is 0 Å². The summed E-state index contributed by atoms with van der Waals surface area (Å²) in [6, 6.07) is 10.6. The van der Waals surface area contributed by atoms with Crippen LogP contribution in [0.4, 0.5) is 0 Å². The van der Waals surface area contributed by atoms with E-state index in [4.69, 9.17) is 0 Å². The lowest BCUT2D eigenvalue weighted by Crippen LogP contribution is -1.83. The van der Waals surface area contributed by atoms with Crippen LogP contribution in [0.25, 0.3) is 10.9 Å². The van der Waals surface area contributed by atoms with Gasteiger partial charge in [-0.25, -0.2) is 0 Å². The molecular formula is C15H17N. The summed E-state index contributed by atoms with van der Waals surface area (Å²) in [5.41, 5.74) is 2.43. The second-order valence-electron chi connectivity index (χ2n) is 3.99. The summed E-state index contributed by atoms with van der Waals surface area (Å²) in [4.78, 5) is 4.31. The number of unbranched alkanes of at least 4 members (excludes halogenated alkanes) is 1. The van der Waals surface area contributed by atoms with Gasteiger partial charge in [-0.15, -0.1) is 0 Å². The van der Waals surface area contributed by atoms with Crippen molar-refractivity contribution in [2.24, 2.45) is 0 Å². The maximum absolute atomic E-state index is 4.31. The Morgan fingerprint density at radius 1 is 1.19 bits per heavy atom. The van der Waals surface area contributed by atoms with E-state index in [0.29, 0.717) is 0 Å². The third-order valence-electron chi connectivity index (χ3n) is 2.64. The molecule has 0 aliphatic carbocycles. The number of benzene rings is 1. The molecule has 1 nitrogen and oxygen atoms in total. The first-order valence-corrected chi connectivity index (χ1v) is 5.89. The zero-order chi connectivity index (χ0) is 11.2. The van der Waals surface area contributed by atoms with Crippen LogP contribution in [0.2, 0.25) is 0 Å². The van der Waals surface area contributed by atoms with Crippen molar-refractivity contribution in [3.63, 3.8) is 0 Å². The molecule has 1 aromatic carbocycles. The molecule has 2 rings (SSSR count). The van der Waals surface area contributed by atoms with Gasteiger partial charge in [-0.1, -0.05) is 37.6 Å². The van der Waals surface area contributed by atoms with E-state index >= 15 is 0 Å². The van der Waals surface area contributed by atoms with E-state index in [1.807, 2.05) is 12.3 Å². The standard InChI is InChI=1S/C15H17N/c1-2-3-4-5-7-13-9-10-15-14(12-13)8-6-11-16-15/h4-6,8-12H,2-3,7H2,1H3/b5-4+. The summed E-state index contributed by atoms with van der Waals surface area (Å²) >= 11 is 0. The minimum Gasteiger partial charge on any atom is -0.256 e. The zero-order valence-electron chi connectivity index (χ0n) is 9.69. The molecule has 0 fully saturated rings. The second-order valence-corrected chi connectivity index (χ2v) is 3.99. The summed E-state index contributed by atoms with van der Waals surface area (Å²) < 4.78 is 0. The van der Waals surface area contributed by atoms with E-state index in [0.717, 1.165) is 11.9 Å². The molecule has 0 amide bonds. The van der Waals surface area contributed by atoms with Crippen molar-refractivity contribution < 1.29 is 0 Å². The molecule has 2 aromatic rings. The molecule has 0 saturated heterocycles. The Balaban J connectivity index is 2.13. The Labute approximate surface area is 96.8 Å². The van der Waals surface area contributed by atoms with Gasteiger partial charge in [0, 0.05) is 11.6 Å². The molecule has 0 aliphatic heterocycles. The summed E-state index contributed by atoms with van der Waals surface area (Å²) in [6.07, 6.45) is 9.76. The van der Waals surface area contributed by atoms with Crippen molar-refractivity contribution >= 4 is 10.9 Å². The van der Waals surface area contributed by atoms with Crippen molar-refractivity contribution in [1.29, 1.82) is 0 Å². The molecule has 1 heterocycles. The Hall–Kier alpha value is -1.63. The van der Waals surface area contributed by atoms with Crippen LogP contribution in [0.5, 0.6) is 0 Å². The number of rotatable bonds is 4. The average molecular weight is 211 g/mol. The number of allylic oxidation sites excluding steroid dienone is 2. The quantitative estimate of drug-likeness (QED) is 0.693. The van der Waals surface area contributed by atoms with Gasteiger partial charge < -0.3 is 0 Å². The van der Waals surface area contributed by atoms with Gasteiger partial charge in [0.1, 0.15) is 0 Å². The number of pyridine rings is 1. The van der Waals surface area contributed by atoms with Crippen LogP contribution in [-0.2, 0) is 6.42 Å². The summed E-state index contributed by atoms with van der Waals surface area (Å²) in [7, 11) is 0. The van der Waals surface area contributed by atoms with E-state index in [2.05, 4.69) is 48.3 Å². The first kappa shape index (κ1) is 10.9. The normalized spacial score (nSPS) is 11.3. The third-order valence-corrected chi connectivity index (χ3v) is 2.64. The van der Waals surface area contributed by atoms with Gasteiger partial charge in [0.15, 0.2) is 0 Å². The molecule has 0 saturated carbocycles. The molecule has 0 radical (unpaired) electrons. The lowest BCUT2D eigenvalue weighted by Gasteiger charge is -2.00. The molecule has 16 heavy (non-hydrogen) atoms. The topological polar surface area (TPSA) is 12.9 Å². The Kier molecular flexibility index (Phi) is 3.71. The highest BCUT2D eigenvalue weighted by Crippen LogP contribution is 2.13. The molecular weight excluding hydrogens is 194 g/mol. The van der Waals surface area contributed by atoms with Crippen LogP contribution in [0.1, 0.15) is 25.3 Å². The minimum atomic E-state index is 1.02. The Morgan fingerprint density at radius 3 is 3.00 bits per heavy atom. The lowest BCUT2D eigenvalue weighted by molar-refractivity contribution is 0.953. The molecule has 1 aromatic heterocycles. The summed E-state index contributed by atoms with van der Waals surface area (Å²) in [6.45, 7) is 2.20. The van der Waals surface area contributed by atoms with E-state index in [-0.39, 0.29) is 0 Å². The molecule has 0 atom stereocenters. The maximum Gasteiger partial charge on any atom is 0.0702 e. The highest BCUT2D eigenvalue weighted by Gasteiger charge is 1.94. The van der Waals surface area contributed by atoms with Gasteiger partial charge in [-0.05, 0) is 36.6 Å². The van der Waals surface area contributed by atoms with Crippen LogP contribution in [0.3, 0.4) is 0 Å². The number of fused-ring (bicyclic) bond motifs is 1. The van der Waals surface area contributed by atoms with Gasteiger partial charge in [0.25, 0.3) is 0 Å². The van der Waals surface area contributed by atoms with Gasteiger partial charge in [-0.2, -0.15) is 0 Å². The second kappa shape index (κ2) is 5.45. The first-order chi connectivity index (χ1) is 7.90. The highest BCUT2D eigenvalue weighted by atomic mass is 14.6. The molecule has 0 aliphatic rings. The number of hydrogen-bond donors (Lipinski definition) is 0. The predicted molar refractivity (Wildman–Crippen MR) is 69.5 cm³/mol. The lowest BCUT2D eigenvalue weighted by atomic mass is 10.1. The minimum absolute atomic E-state index is 1.02. The van der Waals surface area contributed by atoms with Gasteiger partial charge >= 0.3 is 0 Å². The fourth-order valence-electron chi connectivity index (χ4n) is 1.76. The monoisotopic (exact) mass is 211 g/mol. The maximum atomic E-state index is 4.31. The van der Waals surface area contributed by atoms with Crippen molar-refractivity contribution in [2.75, 3.05) is 0 Å². The van der Waals surface area contributed by atoms with Crippen LogP contribution in [-0.4, -0.2) is 4.98 Å². The number of aromatic nitrogens is 1. The summed E-state index contributed by atoms with van der Waals surface area (Å²) in [5, 5.41) is 1.23. The fourth-order valence-corrected chi connectivity index (χ4v) is 1.76. The average Bonchev–Trinajstić information content (AvgIpc) is 2.34. The van der Waals surface area contributed by atoms with E-state index < -0.39 is 0 Å². The number of hydrogen-bond acceptors (Lipinski definition) is 1. The Bertz CT molecular complexity index is 486. The molecule has 0 unspecified atom stereocenters. The van der Waals surface area contributed by atoms with Crippen LogP contribution in [0, 0.1) is 0 Å². The van der Waals surface area contributed by atoms with Crippen molar-refractivity contribution in [3.8, 4) is 0 Å². The van der Waals surface area contributed by atoms with Gasteiger partial charge in [-0.3, -0.25) is 4.98 Å². The largest absolute Gasteiger partial charge is 0.256 e. The highest BCUT2D eigenvalue weighted by molar-refractivity contribution is 5.78. The Morgan fingerprint density at radius 2 is 2.12 bits per heavy atom. The van der Waals surface area contributed by atoms with Crippen molar-refractivity contribution in [2.45, 2.75) is 26.2 Å². The van der Waals surface area contributed by atoms with Gasteiger partial charge in [0.05, 0.1) is 5.52 Å². The first-order valence-electron chi connectivity index (χ1n) is 5.89. The SMILES string of the molecule is CCC/C=C/Cc1ccc2ncccc2c1. The molecule has 82 valence electrons.